The monoisotopic (exact) mass is 316 g/mol. The number of halogens is 1. The number of urea groups is 1. The summed E-state index contributed by atoms with van der Waals surface area (Å²) in [5.41, 5.74) is 0.986. The van der Waals surface area contributed by atoms with E-state index in [1.807, 2.05) is 17.8 Å². The van der Waals surface area contributed by atoms with Crippen molar-refractivity contribution in [2.75, 3.05) is 13.1 Å². The highest BCUT2D eigenvalue weighted by atomic mass is 79.9. The molecule has 0 atom stereocenters. The Bertz CT molecular complexity index is 359. The second-order valence-corrected chi connectivity index (χ2v) is 5.07. The molecule has 0 aliphatic heterocycles. The molecule has 0 aliphatic rings. The van der Waals surface area contributed by atoms with Gasteiger partial charge in [-0.3, -0.25) is 4.68 Å². The molecule has 1 heterocycles. The minimum absolute atomic E-state index is 0.0822. The smallest absolute Gasteiger partial charge is 0.314 e. The number of hydrogen-bond donors (Lipinski definition) is 2. The molecule has 2 N–H and O–H groups in total. The van der Waals surface area contributed by atoms with Gasteiger partial charge in [-0.25, -0.2) is 4.79 Å². The van der Waals surface area contributed by atoms with Gasteiger partial charge < -0.3 is 10.6 Å². The summed E-state index contributed by atoms with van der Waals surface area (Å²) in [6, 6.07) is -0.0822. The van der Waals surface area contributed by atoms with Gasteiger partial charge in [-0.05, 0) is 35.7 Å². The zero-order valence-corrected chi connectivity index (χ0v) is 12.6. The highest BCUT2D eigenvalue weighted by molar-refractivity contribution is 9.10. The van der Waals surface area contributed by atoms with Crippen molar-refractivity contribution >= 4 is 22.0 Å². The predicted molar refractivity (Wildman–Crippen MR) is 75.6 cm³/mol. The summed E-state index contributed by atoms with van der Waals surface area (Å²) in [6.45, 7) is 6.27. The minimum Gasteiger partial charge on any atom is -0.338 e. The van der Waals surface area contributed by atoms with Crippen LogP contribution < -0.4 is 10.6 Å². The molecule has 0 saturated carbocycles. The number of amides is 2. The first-order valence-electron chi connectivity index (χ1n) is 6.34. The van der Waals surface area contributed by atoms with Crippen molar-refractivity contribution in [3.8, 4) is 0 Å². The largest absolute Gasteiger partial charge is 0.338 e. The van der Waals surface area contributed by atoms with Gasteiger partial charge in [0.05, 0.1) is 10.2 Å². The van der Waals surface area contributed by atoms with Crippen LogP contribution in [0.15, 0.2) is 10.7 Å². The Morgan fingerprint density at radius 1 is 1.39 bits per heavy atom. The number of rotatable bonds is 7. The van der Waals surface area contributed by atoms with Crippen LogP contribution in [-0.2, 0) is 6.54 Å². The first kappa shape index (κ1) is 15.0. The quantitative estimate of drug-likeness (QED) is 0.759. The van der Waals surface area contributed by atoms with Crippen LogP contribution in [0.25, 0.3) is 0 Å². The van der Waals surface area contributed by atoms with Crippen LogP contribution in [0.1, 0.15) is 31.9 Å². The Labute approximate surface area is 116 Å². The SMILES string of the molecule is CCCCNC(=O)NCCCn1cc(Br)c(C)n1. The van der Waals surface area contributed by atoms with Crippen molar-refractivity contribution < 1.29 is 4.79 Å². The van der Waals surface area contributed by atoms with E-state index in [4.69, 9.17) is 0 Å². The first-order chi connectivity index (χ1) is 8.63. The number of unbranched alkanes of at least 4 members (excludes halogenated alkanes) is 1. The highest BCUT2D eigenvalue weighted by Gasteiger charge is 2.01. The van der Waals surface area contributed by atoms with Gasteiger partial charge in [0, 0.05) is 25.8 Å². The summed E-state index contributed by atoms with van der Waals surface area (Å²) < 4.78 is 2.91. The lowest BCUT2D eigenvalue weighted by molar-refractivity contribution is 0.240. The lowest BCUT2D eigenvalue weighted by Gasteiger charge is -2.07. The summed E-state index contributed by atoms with van der Waals surface area (Å²) in [5.74, 6) is 0. The molecule has 0 spiro atoms. The molecule has 5 nitrogen and oxygen atoms in total. The Morgan fingerprint density at radius 2 is 2.06 bits per heavy atom. The maximum atomic E-state index is 11.3. The van der Waals surface area contributed by atoms with Gasteiger partial charge >= 0.3 is 6.03 Å². The van der Waals surface area contributed by atoms with E-state index < -0.39 is 0 Å². The van der Waals surface area contributed by atoms with Crippen molar-refractivity contribution in [2.45, 2.75) is 39.7 Å². The first-order valence-corrected chi connectivity index (χ1v) is 7.14. The summed E-state index contributed by atoms with van der Waals surface area (Å²) in [7, 11) is 0. The zero-order chi connectivity index (χ0) is 13.4. The van der Waals surface area contributed by atoms with Gasteiger partial charge in [0.25, 0.3) is 0 Å². The Kier molecular flexibility index (Phi) is 6.78. The lowest BCUT2D eigenvalue weighted by atomic mass is 10.3. The average molecular weight is 317 g/mol. The molecule has 1 rings (SSSR count). The zero-order valence-electron chi connectivity index (χ0n) is 11.0. The van der Waals surface area contributed by atoms with Gasteiger partial charge in [0.15, 0.2) is 0 Å². The number of aromatic nitrogens is 2. The molecular formula is C12H21BrN4O. The van der Waals surface area contributed by atoms with Gasteiger partial charge in [-0.1, -0.05) is 13.3 Å². The molecule has 1 aromatic heterocycles. The molecule has 102 valence electrons. The molecule has 18 heavy (non-hydrogen) atoms. The third kappa shape index (κ3) is 5.53. The summed E-state index contributed by atoms with van der Waals surface area (Å²) in [6.07, 6.45) is 4.94. The van der Waals surface area contributed by atoms with Gasteiger partial charge in [-0.2, -0.15) is 5.10 Å². The molecule has 0 aliphatic carbocycles. The Morgan fingerprint density at radius 3 is 2.61 bits per heavy atom. The number of carbonyl (C=O) groups is 1. The van der Waals surface area contributed by atoms with E-state index in [0.29, 0.717) is 6.54 Å². The van der Waals surface area contributed by atoms with Gasteiger partial charge in [-0.15, -0.1) is 0 Å². The summed E-state index contributed by atoms with van der Waals surface area (Å²) >= 11 is 3.42. The third-order valence-electron chi connectivity index (χ3n) is 2.55. The Balaban J connectivity index is 2.09. The predicted octanol–water partition coefficient (Wildman–Crippen LogP) is 2.44. The summed E-state index contributed by atoms with van der Waals surface area (Å²) in [5, 5.41) is 9.97. The summed E-state index contributed by atoms with van der Waals surface area (Å²) in [4.78, 5) is 11.3. The molecule has 0 bridgehead atoms. The van der Waals surface area contributed by atoms with E-state index in [2.05, 4.69) is 38.6 Å². The van der Waals surface area contributed by atoms with E-state index in [1.165, 1.54) is 0 Å². The highest BCUT2D eigenvalue weighted by Crippen LogP contribution is 2.12. The van der Waals surface area contributed by atoms with E-state index >= 15 is 0 Å². The van der Waals surface area contributed by atoms with Crippen molar-refractivity contribution in [1.29, 1.82) is 0 Å². The Hall–Kier alpha value is -1.04. The average Bonchev–Trinajstić information content (AvgIpc) is 2.65. The molecular weight excluding hydrogens is 296 g/mol. The molecule has 0 fully saturated rings. The lowest BCUT2D eigenvalue weighted by Crippen LogP contribution is -2.36. The number of carbonyl (C=O) groups excluding carboxylic acids is 1. The van der Waals surface area contributed by atoms with Crippen molar-refractivity contribution in [3.63, 3.8) is 0 Å². The fraction of sp³-hybridized carbons (Fsp3) is 0.667. The number of aryl methyl sites for hydroxylation is 2. The second kappa shape index (κ2) is 8.13. The van der Waals surface area contributed by atoms with E-state index in [1.54, 1.807) is 0 Å². The van der Waals surface area contributed by atoms with Crippen LogP contribution in [0, 0.1) is 6.92 Å². The van der Waals surface area contributed by atoms with Crippen molar-refractivity contribution in [1.82, 2.24) is 20.4 Å². The standard InChI is InChI=1S/C12H21BrN4O/c1-3-4-6-14-12(18)15-7-5-8-17-9-11(13)10(2)16-17/h9H,3-8H2,1-2H3,(H2,14,15,18). The maximum absolute atomic E-state index is 11.3. The van der Waals surface area contributed by atoms with E-state index in [9.17, 15) is 4.79 Å². The fourth-order valence-electron chi connectivity index (χ4n) is 1.49. The van der Waals surface area contributed by atoms with E-state index in [0.717, 1.165) is 42.5 Å². The van der Waals surface area contributed by atoms with Crippen LogP contribution in [0.2, 0.25) is 0 Å². The van der Waals surface area contributed by atoms with Crippen LogP contribution in [0.4, 0.5) is 4.79 Å². The number of nitrogens with zero attached hydrogens (tertiary/aromatic N) is 2. The molecule has 0 radical (unpaired) electrons. The topological polar surface area (TPSA) is 59.0 Å². The van der Waals surface area contributed by atoms with Crippen LogP contribution in [0.3, 0.4) is 0 Å². The van der Waals surface area contributed by atoms with Crippen molar-refractivity contribution in [3.05, 3.63) is 16.4 Å². The van der Waals surface area contributed by atoms with Gasteiger partial charge in [0.2, 0.25) is 0 Å². The number of nitrogens with one attached hydrogen (secondary N) is 2. The van der Waals surface area contributed by atoms with Crippen LogP contribution in [0.5, 0.6) is 0 Å². The maximum Gasteiger partial charge on any atom is 0.314 e. The fourth-order valence-corrected chi connectivity index (χ4v) is 1.81. The number of hydrogen-bond acceptors (Lipinski definition) is 2. The molecule has 1 aromatic rings. The molecule has 0 unspecified atom stereocenters. The van der Waals surface area contributed by atoms with Gasteiger partial charge in [0.1, 0.15) is 0 Å². The van der Waals surface area contributed by atoms with Crippen LogP contribution in [-0.4, -0.2) is 28.9 Å². The van der Waals surface area contributed by atoms with Crippen LogP contribution >= 0.6 is 15.9 Å². The molecule has 0 saturated heterocycles. The second-order valence-electron chi connectivity index (χ2n) is 4.22. The van der Waals surface area contributed by atoms with E-state index in [-0.39, 0.29) is 6.03 Å². The third-order valence-corrected chi connectivity index (χ3v) is 3.33. The van der Waals surface area contributed by atoms with Crippen molar-refractivity contribution in [2.24, 2.45) is 0 Å². The molecule has 0 aromatic carbocycles. The minimum atomic E-state index is -0.0822. The normalized spacial score (nSPS) is 10.4. The molecule has 6 heteroatoms. The molecule has 2 amide bonds.